The molecule has 9 rings (SSSR count). The van der Waals surface area contributed by atoms with Crippen LogP contribution >= 0.6 is 0 Å². The van der Waals surface area contributed by atoms with Gasteiger partial charge in [0, 0.05) is 40.6 Å². The van der Waals surface area contributed by atoms with Gasteiger partial charge >= 0.3 is 12.2 Å². The van der Waals surface area contributed by atoms with Gasteiger partial charge in [-0.3, -0.25) is 9.59 Å². The average molecular weight is 900 g/mol. The Labute approximate surface area is 381 Å². The van der Waals surface area contributed by atoms with Crippen LogP contribution in [0.2, 0.25) is 0 Å². The minimum Gasteiger partial charge on any atom is -0.465 e. The topological polar surface area (TPSA) is 189 Å². The number of alkyl carbamates (subject to hydrolysis) is 2. The van der Waals surface area contributed by atoms with E-state index in [2.05, 4.69) is 48.4 Å². The summed E-state index contributed by atoms with van der Waals surface area (Å²) in [5, 5.41) is 6.28. The lowest BCUT2D eigenvalue weighted by Crippen LogP contribution is -2.51. The van der Waals surface area contributed by atoms with Crippen LogP contribution < -0.4 is 15.4 Å². The van der Waals surface area contributed by atoms with Crippen molar-refractivity contribution in [2.45, 2.75) is 83.5 Å². The number of H-pyrrole nitrogens is 2. The Balaban J connectivity index is 1.01. The second kappa shape index (κ2) is 18.0. The second-order valence-electron chi connectivity index (χ2n) is 17.9. The fourth-order valence-corrected chi connectivity index (χ4v) is 9.53. The van der Waals surface area contributed by atoms with Crippen LogP contribution in [-0.4, -0.2) is 104 Å². The zero-order chi connectivity index (χ0) is 46.4. The van der Waals surface area contributed by atoms with Crippen LogP contribution in [-0.2, 0) is 19.1 Å². The van der Waals surface area contributed by atoms with Gasteiger partial charge in [0.15, 0.2) is 0 Å². The third-order valence-corrected chi connectivity index (χ3v) is 13.0. The molecule has 344 valence electrons. The Kier molecular flexibility index (Phi) is 12.0. The monoisotopic (exact) mass is 899 g/mol. The van der Waals surface area contributed by atoms with E-state index in [-0.39, 0.29) is 36.8 Å². The van der Waals surface area contributed by atoms with Crippen LogP contribution in [0.3, 0.4) is 0 Å². The van der Waals surface area contributed by atoms with E-state index >= 15 is 4.39 Å². The highest BCUT2D eigenvalue weighted by Crippen LogP contribution is 2.46. The Morgan fingerprint density at radius 2 is 1.38 bits per heavy atom. The van der Waals surface area contributed by atoms with Gasteiger partial charge in [-0.1, -0.05) is 70.2 Å². The first-order valence-corrected chi connectivity index (χ1v) is 22.4. The van der Waals surface area contributed by atoms with Gasteiger partial charge in [0.1, 0.15) is 35.7 Å². The Morgan fingerprint density at radius 1 is 0.773 bits per heavy atom. The molecular weight excluding hydrogens is 846 g/mol. The van der Waals surface area contributed by atoms with Crippen molar-refractivity contribution < 1.29 is 37.8 Å². The molecule has 3 aliphatic rings. The first kappa shape index (κ1) is 44.1. The van der Waals surface area contributed by atoms with E-state index in [0.717, 1.165) is 57.4 Å². The van der Waals surface area contributed by atoms with E-state index in [1.165, 1.54) is 19.1 Å². The first-order valence-electron chi connectivity index (χ1n) is 22.4. The van der Waals surface area contributed by atoms with Crippen LogP contribution in [0.15, 0.2) is 85.2 Å². The number of nitrogens with one attached hydrogen (secondary N) is 4. The maximum atomic E-state index is 15.0. The zero-order valence-corrected chi connectivity index (χ0v) is 37.7. The number of carbonyl (C=O) groups excluding carboxylic acids is 4. The maximum absolute atomic E-state index is 15.0. The lowest BCUT2D eigenvalue weighted by molar-refractivity contribution is -0.136. The molecule has 0 spiro atoms. The summed E-state index contributed by atoms with van der Waals surface area (Å²) in [6.07, 6.45) is 1.99. The van der Waals surface area contributed by atoms with Gasteiger partial charge in [0.2, 0.25) is 18.0 Å². The molecule has 3 aromatic carbocycles. The number of hydrogen-bond acceptors (Lipinski definition) is 9. The van der Waals surface area contributed by atoms with Gasteiger partial charge in [0.05, 0.1) is 67.8 Å². The number of aromatic amines is 2. The summed E-state index contributed by atoms with van der Waals surface area (Å²) in [7, 11) is 2.52. The third-order valence-electron chi connectivity index (χ3n) is 13.0. The second-order valence-corrected chi connectivity index (χ2v) is 17.9. The van der Waals surface area contributed by atoms with Crippen molar-refractivity contribution >= 4 is 34.9 Å². The van der Waals surface area contributed by atoms with Gasteiger partial charge in [-0.15, -0.1) is 0 Å². The average Bonchev–Trinajstić information content (AvgIpc) is 4.18. The first-order chi connectivity index (χ1) is 31.8. The SMILES string of the molecule is COC(=O)N[C@H](C(=O)N1CCC[C@H]1c1ncc(-c2ccc3c(c2)OC(c2ccccc2)n2c-3cc3cc(-c4cnc([C@@H]5C[C@@H](F)CN5C(=O)[C@@H](NC(=O)OC)C(C)C)[nH]4)ccc32)[nH]1)C(C)C. The third kappa shape index (κ3) is 8.22. The van der Waals surface area contributed by atoms with Crippen LogP contribution in [0, 0.1) is 11.8 Å². The molecule has 0 bridgehead atoms. The van der Waals surface area contributed by atoms with E-state index in [0.29, 0.717) is 29.6 Å². The minimum absolute atomic E-state index is 0.0765. The Hall–Kier alpha value is -7.17. The number of halogens is 1. The van der Waals surface area contributed by atoms with Gasteiger partial charge < -0.3 is 49.2 Å². The van der Waals surface area contributed by atoms with Crippen molar-refractivity contribution in [3.63, 3.8) is 0 Å². The Bertz CT molecular complexity index is 2780. The summed E-state index contributed by atoms with van der Waals surface area (Å²) in [5.74, 6) is 0.859. The smallest absolute Gasteiger partial charge is 0.407 e. The summed E-state index contributed by atoms with van der Waals surface area (Å²) in [6, 6.07) is 21.9. The number of nitrogens with zero attached hydrogens (tertiary/aromatic N) is 5. The van der Waals surface area contributed by atoms with Crippen molar-refractivity contribution in [3.05, 3.63) is 102 Å². The summed E-state index contributed by atoms with van der Waals surface area (Å²) in [5.41, 5.74) is 7.01. The van der Waals surface area contributed by atoms with Gasteiger partial charge in [0.25, 0.3) is 0 Å². The molecule has 0 saturated carbocycles. The lowest BCUT2D eigenvalue weighted by atomic mass is 10.0. The quantitative estimate of drug-likeness (QED) is 0.0997. The predicted molar refractivity (Wildman–Crippen MR) is 244 cm³/mol. The standard InChI is InChI=1S/C49H54FN9O7/c1-26(2)41(55-48(62)64-5)45(60)57-18-10-13-37(57)43-51-24-35(53-43)30-14-16-33-38-20-31-19-29(15-17-36(31)59(38)47(66-40(33)21-30)28-11-8-7-9-12-28)34-23-52-44(54-34)39-22-32(50)25-58(39)46(61)42(27(3)4)56-49(63)65-6/h7-9,11-12,14-17,19-21,23-24,26-27,32,37,39,41-42,47H,10,13,18,22,25H2,1-6H3,(H,51,53)(H,52,54)(H,55,62)(H,56,63)/t32-,37+,39+,41+,42+,47?/m1/s1. The Morgan fingerprint density at radius 3 is 2.02 bits per heavy atom. The maximum Gasteiger partial charge on any atom is 0.407 e. The van der Waals surface area contributed by atoms with Gasteiger partial charge in [-0.2, -0.15) is 0 Å². The van der Waals surface area contributed by atoms with Crippen LogP contribution in [0.25, 0.3) is 44.7 Å². The van der Waals surface area contributed by atoms with E-state index in [1.807, 2.05) is 82.3 Å². The van der Waals surface area contributed by atoms with Crippen molar-refractivity contribution in [1.82, 2.24) is 44.9 Å². The number of likely N-dealkylation sites (tertiary alicyclic amines) is 2. The summed E-state index contributed by atoms with van der Waals surface area (Å²) < 4.78 is 33.7. The number of benzene rings is 3. The zero-order valence-electron chi connectivity index (χ0n) is 37.7. The number of carbonyl (C=O) groups is 4. The molecule has 16 nitrogen and oxygen atoms in total. The highest BCUT2D eigenvalue weighted by atomic mass is 19.1. The summed E-state index contributed by atoms with van der Waals surface area (Å²) in [6.45, 7) is 7.85. The van der Waals surface area contributed by atoms with Gasteiger partial charge in [-0.25, -0.2) is 23.9 Å². The molecule has 6 heterocycles. The number of aromatic nitrogens is 5. The molecule has 3 aromatic heterocycles. The molecule has 2 saturated heterocycles. The van der Waals surface area contributed by atoms with E-state index in [1.54, 1.807) is 17.3 Å². The number of methoxy groups -OCH3 is 2. The van der Waals surface area contributed by atoms with E-state index in [4.69, 9.17) is 19.2 Å². The van der Waals surface area contributed by atoms with Crippen molar-refractivity contribution in [2.24, 2.45) is 11.8 Å². The van der Waals surface area contributed by atoms with Crippen molar-refractivity contribution in [3.8, 4) is 39.5 Å². The van der Waals surface area contributed by atoms with Crippen LogP contribution in [0.5, 0.6) is 5.75 Å². The fraction of sp³-hybridized carbons (Fsp3) is 0.388. The molecule has 4 N–H and O–H groups in total. The van der Waals surface area contributed by atoms with Crippen molar-refractivity contribution in [1.29, 1.82) is 0 Å². The number of amides is 4. The molecule has 2 fully saturated rings. The molecule has 3 aliphatic heterocycles. The number of rotatable bonds is 11. The summed E-state index contributed by atoms with van der Waals surface area (Å²) >= 11 is 0. The molecule has 6 atom stereocenters. The van der Waals surface area contributed by atoms with Crippen LogP contribution in [0.4, 0.5) is 14.0 Å². The number of alkyl halides is 1. The minimum atomic E-state index is -1.25. The molecule has 1 unspecified atom stereocenters. The number of ether oxygens (including phenoxy) is 3. The number of hydrogen-bond donors (Lipinski definition) is 4. The normalized spacial score (nSPS) is 19.9. The molecule has 66 heavy (non-hydrogen) atoms. The lowest BCUT2D eigenvalue weighted by Gasteiger charge is -2.30. The molecule has 6 aromatic rings. The predicted octanol–water partition coefficient (Wildman–Crippen LogP) is 8.06. The molecule has 0 radical (unpaired) electrons. The molecule has 17 heteroatoms. The molecule has 4 amide bonds. The van der Waals surface area contributed by atoms with Crippen molar-refractivity contribution in [2.75, 3.05) is 27.3 Å². The largest absolute Gasteiger partial charge is 0.465 e. The fourth-order valence-electron chi connectivity index (χ4n) is 9.53. The van der Waals surface area contributed by atoms with Crippen LogP contribution in [0.1, 0.15) is 82.5 Å². The number of imidazole rings is 2. The summed E-state index contributed by atoms with van der Waals surface area (Å²) in [4.78, 5) is 71.2. The van der Waals surface area contributed by atoms with Gasteiger partial charge in [-0.05, 0) is 55.0 Å². The van der Waals surface area contributed by atoms with E-state index < -0.39 is 48.6 Å². The van der Waals surface area contributed by atoms with E-state index in [9.17, 15) is 19.2 Å². The highest BCUT2D eigenvalue weighted by molar-refractivity contribution is 5.93. The number of fused-ring (bicyclic) bond motifs is 5. The highest BCUT2D eigenvalue weighted by Gasteiger charge is 2.42. The molecule has 0 aliphatic carbocycles. The molecular formula is C49H54FN9O7.